The van der Waals surface area contributed by atoms with Crippen LogP contribution in [0.15, 0.2) is 73.1 Å². The zero-order valence-corrected chi connectivity index (χ0v) is 22.5. The molecule has 0 aliphatic carbocycles. The van der Waals surface area contributed by atoms with Crippen LogP contribution in [-0.4, -0.2) is 45.7 Å². The van der Waals surface area contributed by atoms with Gasteiger partial charge < -0.3 is 30.4 Å². The van der Waals surface area contributed by atoms with Gasteiger partial charge in [-0.2, -0.15) is 0 Å². The smallest absolute Gasteiger partial charge is 0.272 e. The Bertz CT molecular complexity index is 1650. The van der Waals surface area contributed by atoms with Crippen LogP contribution in [0.1, 0.15) is 10.5 Å². The molecule has 0 unspecified atom stereocenters. The van der Waals surface area contributed by atoms with Crippen molar-refractivity contribution in [3.05, 3.63) is 84.6 Å². The molecule has 0 aliphatic heterocycles. The minimum Gasteiger partial charge on any atom is -0.488 e. The van der Waals surface area contributed by atoms with Crippen LogP contribution in [-0.2, 0) is 11.8 Å². The number of halogens is 1. The van der Waals surface area contributed by atoms with Gasteiger partial charge in [0.1, 0.15) is 12.3 Å². The predicted octanol–water partition coefficient (Wildman–Crippen LogP) is 5.35. The summed E-state index contributed by atoms with van der Waals surface area (Å²) in [5, 5.41) is 6.31. The fourth-order valence-corrected chi connectivity index (χ4v) is 4.77. The highest BCUT2D eigenvalue weighted by molar-refractivity contribution is 7.19. The summed E-state index contributed by atoms with van der Waals surface area (Å²) in [6.07, 6.45) is 3.41. The fraction of sp³-hybridized carbons (Fsp3) is 0.143. The lowest BCUT2D eigenvalue weighted by molar-refractivity contribution is 0.101. The number of aromatic nitrogens is 4. The monoisotopic (exact) mass is 559 g/mol. The molecule has 12 heteroatoms. The summed E-state index contributed by atoms with van der Waals surface area (Å²) in [5.74, 6) is -0.343. The first-order valence-corrected chi connectivity index (χ1v) is 13.0. The van der Waals surface area contributed by atoms with Crippen molar-refractivity contribution < 1.29 is 18.7 Å². The maximum absolute atomic E-state index is 14.5. The Morgan fingerprint density at radius 3 is 2.73 bits per heavy atom. The van der Waals surface area contributed by atoms with Crippen LogP contribution < -0.4 is 21.1 Å². The molecule has 0 spiro atoms. The molecule has 2 aromatic carbocycles. The molecule has 0 atom stereocenters. The van der Waals surface area contributed by atoms with Crippen molar-refractivity contribution in [2.45, 2.75) is 0 Å². The van der Waals surface area contributed by atoms with Crippen molar-refractivity contribution in [3.63, 3.8) is 0 Å². The quantitative estimate of drug-likeness (QED) is 0.195. The molecule has 204 valence electrons. The molecular formula is C28H26FN7O3S. The summed E-state index contributed by atoms with van der Waals surface area (Å²) in [4.78, 5) is 26.8. The Labute approximate surface area is 233 Å². The number of anilines is 4. The summed E-state index contributed by atoms with van der Waals surface area (Å²) in [7, 11) is 3.36. The summed E-state index contributed by atoms with van der Waals surface area (Å²) < 4.78 is 26.5. The van der Waals surface area contributed by atoms with Gasteiger partial charge in [-0.25, -0.2) is 19.3 Å². The van der Waals surface area contributed by atoms with Crippen molar-refractivity contribution in [3.8, 4) is 27.6 Å². The Morgan fingerprint density at radius 2 is 1.95 bits per heavy atom. The lowest BCUT2D eigenvalue weighted by Crippen LogP contribution is -2.15. The molecule has 0 bridgehead atoms. The zero-order valence-electron chi connectivity index (χ0n) is 21.7. The van der Waals surface area contributed by atoms with Gasteiger partial charge in [-0.15, -0.1) is 0 Å². The van der Waals surface area contributed by atoms with E-state index in [9.17, 15) is 9.18 Å². The van der Waals surface area contributed by atoms with Crippen LogP contribution in [0.5, 0.6) is 5.75 Å². The van der Waals surface area contributed by atoms with Crippen molar-refractivity contribution in [2.24, 2.45) is 7.05 Å². The second-order valence-electron chi connectivity index (χ2n) is 8.65. The van der Waals surface area contributed by atoms with Crippen molar-refractivity contribution in [2.75, 3.05) is 36.7 Å². The SMILES string of the molecule is COCCOc1ccc(Nc2nccc(-c3sc(N)nc3-c3cccc(NC(=O)c4cccn4C)c3)n2)cc1F. The highest BCUT2D eigenvalue weighted by Gasteiger charge is 2.17. The van der Waals surface area contributed by atoms with E-state index < -0.39 is 5.82 Å². The number of nitrogens with zero attached hydrogens (tertiary/aromatic N) is 4. The van der Waals surface area contributed by atoms with Gasteiger partial charge in [0.15, 0.2) is 16.7 Å². The van der Waals surface area contributed by atoms with E-state index in [0.717, 1.165) is 10.4 Å². The Morgan fingerprint density at radius 1 is 1.07 bits per heavy atom. The molecule has 0 aliphatic rings. The zero-order chi connectivity index (χ0) is 28.1. The van der Waals surface area contributed by atoms with E-state index in [1.807, 2.05) is 37.5 Å². The van der Waals surface area contributed by atoms with Gasteiger partial charge in [-0.3, -0.25) is 4.79 Å². The average Bonchev–Trinajstić information content (AvgIpc) is 3.56. The molecule has 0 fully saturated rings. The van der Waals surface area contributed by atoms with Gasteiger partial charge in [0.05, 0.1) is 22.9 Å². The highest BCUT2D eigenvalue weighted by Crippen LogP contribution is 2.38. The Hall–Kier alpha value is -4.81. The number of methoxy groups -OCH3 is 1. The maximum Gasteiger partial charge on any atom is 0.272 e. The number of hydrogen-bond acceptors (Lipinski definition) is 9. The van der Waals surface area contributed by atoms with Crippen LogP contribution in [0, 0.1) is 5.82 Å². The second-order valence-corrected chi connectivity index (χ2v) is 9.68. The number of ether oxygens (including phenoxy) is 2. The van der Waals surface area contributed by atoms with Gasteiger partial charge in [-0.05, 0) is 42.5 Å². The number of nitrogen functional groups attached to an aromatic ring is 1. The molecule has 0 saturated carbocycles. The van der Waals surface area contributed by atoms with Crippen LogP contribution in [0.4, 0.5) is 26.8 Å². The number of carbonyl (C=O) groups excluding carboxylic acids is 1. The summed E-state index contributed by atoms with van der Waals surface area (Å²) in [6.45, 7) is 0.602. The second kappa shape index (κ2) is 11.9. The lowest BCUT2D eigenvalue weighted by atomic mass is 10.1. The van der Waals surface area contributed by atoms with Gasteiger partial charge in [0.2, 0.25) is 5.95 Å². The fourth-order valence-electron chi connectivity index (χ4n) is 3.95. The Balaban J connectivity index is 1.37. The van der Waals surface area contributed by atoms with Crippen LogP contribution >= 0.6 is 11.3 Å². The van der Waals surface area contributed by atoms with E-state index in [2.05, 4.69) is 25.6 Å². The van der Waals surface area contributed by atoms with Crippen molar-refractivity contribution in [1.82, 2.24) is 19.5 Å². The highest BCUT2D eigenvalue weighted by atomic mass is 32.1. The first-order valence-electron chi connectivity index (χ1n) is 12.2. The number of thiazole rings is 1. The molecule has 4 N–H and O–H groups in total. The van der Waals surface area contributed by atoms with Crippen LogP contribution in [0.2, 0.25) is 0 Å². The molecular weight excluding hydrogens is 533 g/mol. The third kappa shape index (κ3) is 6.08. The first kappa shape index (κ1) is 26.8. The van der Waals surface area contributed by atoms with E-state index in [1.54, 1.807) is 42.1 Å². The number of carbonyl (C=O) groups is 1. The van der Waals surface area contributed by atoms with Gasteiger partial charge in [0.25, 0.3) is 5.91 Å². The van der Waals surface area contributed by atoms with E-state index in [0.29, 0.717) is 40.2 Å². The Kier molecular flexibility index (Phi) is 7.99. The number of rotatable bonds is 10. The number of amides is 1. The summed E-state index contributed by atoms with van der Waals surface area (Å²) in [6, 6.07) is 17.2. The molecule has 5 aromatic rings. The van der Waals surface area contributed by atoms with E-state index in [4.69, 9.17) is 15.2 Å². The number of benzene rings is 2. The molecule has 3 aromatic heterocycles. The molecule has 10 nitrogen and oxygen atoms in total. The predicted molar refractivity (Wildman–Crippen MR) is 153 cm³/mol. The number of nitrogens with two attached hydrogens (primary N) is 1. The van der Waals surface area contributed by atoms with Crippen LogP contribution in [0.3, 0.4) is 0 Å². The lowest BCUT2D eigenvalue weighted by Gasteiger charge is -2.10. The number of aryl methyl sites for hydroxylation is 1. The van der Waals surface area contributed by atoms with E-state index >= 15 is 0 Å². The third-order valence-electron chi connectivity index (χ3n) is 5.84. The molecule has 40 heavy (non-hydrogen) atoms. The summed E-state index contributed by atoms with van der Waals surface area (Å²) >= 11 is 1.28. The van der Waals surface area contributed by atoms with Gasteiger partial charge in [0, 0.05) is 49.6 Å². The topological polar surface area (TPSA) is 129 Å². The minimum atomic E-state index is -0.520. The first-order chi connectivity index (χ1) is 19.4. The molecule has 1 amide bonds. The normalized spacial score (nSPS) is 10.9. The third-order valence-corrected chi connectivity index (χ3v) is 6.74. The largest absolute Gasteiger partial charge is 0.488 e. The van der Waals surface area contributed by atoms with E-state index in [-0.39, 0.29) is 24.2 Å². The van der Waals surface area contributed by atoms with E-state index in [1.165, 1.54) is 23.5 Å². The maximum atomic E-state index is 14.5. The van der Waals surface area contributed by atoms with Crippen LogP contribution in [0.25, 0.3) is 21.8 Å². The van der Waals surface area contributed by atoms with Crippen molar-refractivity contribution >= 4 is 39.7 Å². The van der Waals surface area contributed by atoms with Gasteiger partial charge in [-0.1, -0.05) is 23.5 Å². The molecule has 0 radical (unpaired) electrons. The van der Waals surface area contributed by atoms with Gasteiger partial charge >= 0.3 is 0 Å². The number of hydrogen-bond donors (Lipinski definition) is 3. The standard InChI is InChI=1S/C28H26FN7O3S/c1-36-12-4-7-22(36)26(37)32-18-6-3-5-17(15-18)24-25(40-27(30)35-24)21-10-11-31-28(34-21)33-19-8-9-23(20(29)16-19)39-14-13-38-2/h3-12,15-16H,13-14H2,1-2H3,(H2,30,35)(H,32,37)(H,31,33,34). The summed E-state index contributed by atoms with van der Waals surface area (Å²) in [5.41, 5.74) is 9.67. The minimum absolute atomic E-state index is 0.129. The average molecular weight is 560 g/mol. The number of nitrogens with one attached hydrogen (secondary N) is 2. The molecule has 0 saturated heterocycles. The van der Waals surface area contributed by atoms with Crippen molar-refractivity contribution in [1.29, 1.82) is 0 Å². The molecule has 3 heterocycles. The molecule has 5 rings (SSSR count).